The Kier molecular flexibility index (Phi) is 7.18. The van der Waals surface area contributed by atoms with Crippen molar-refractivity contribution >= 4 is 6.03 Å². The molecule has 0 atom stereocenters. The highest BCUT2D eigenvalue weighted by Gasteiger charge is 2.00. The van der Waals surface area contributed by atoms with Gasteiger partial charge in [0.1, 0.15) is 0 Å². The average molecular weight is 310 g/mol. The molecule has 3 heteroatoms. The Morgan fingerprint density at radius 2 is 1.57 bits per heavy atom. The van der Waals surface area contributed by atoms with E-state index in [-0.39, 0.29) is 6.03 Å². The Labute approximate surface area is 139 Å². The van der Waals surface area contributed by atoms with Gasteiger partial charge in [0.15, 0.2) is 0 Å². The number of carbonyl (C=O) groups excluding carboxylic acids is 1. The van der Waals surface area contributed by atoms with Crippen molar-refractivity contribution in [1.82, 2.24) is 10.6 Å². The predicted molar refractivity (Wildman–Crippen MR) is 95.7 cm³/mol. The van der Waals surface area contributed by atoms with Crippen LogP contribution in [-0.4, -0.2) is 19.1 Å². The first-order chi connectivity index (χ1) is 11.2. The normalized spacial score (nSPS) is 10.3. The molecule has 0 heterocycles. The number of hydrogen-bond donors (Lipinski definition) is 2. The molecule has 2 amide bonds. The highest BCUT2D eigenvalue weighted by molar-refractivity contribution is 5.73. The van der Waals surface area contributed by atoms with E-state index in [4.69, 9.17) is 0 Å². The summed E-state index contributed by atoms with van der Waals surface area (Å²) in [6.45, 7) is 3.47. The number of nitrogens with one attached hydrogen (secondary N) is 2. The second kappa shape index (κ2) is 9.67. The van der Waals surface area contributed by atoms with Crippen molar-refractivity contribution in [2.24, 2.45) is 0 Å². The number of aryl methyl sites for hydroxylation is 2. The van der Waals surface area contributed by atoms with Gasteiger partial charge in [-0.05, 0) is 43.7 Å². The van der Waals surface area contributed by atoms with Crippen LogP contribution in [0, 0.1) is 6.92 Å². The lowest BCUT2D eigenvalue weighted by Crippen LogP contribution is -2.37. The van der Waals surface area contributed by atoms with Crippen molar-refractivity contribution in [1.29, 1.82) is 0 Å². The summed E-state index contributed by atoms with van der Waals surface area (Å²) in [5.41, 5.74) is 3.87. The number of unbranched alkanes of at least 4 members (excludes halogenated alkanes) is 1. The SMILES string of the molecule is Cc1cccc(CCNC(=O)NCCCCc2ccccc2)c1. The molecule has 2 rings (SSSR count). The molecule has 0 aliphatic carbocycles. The summed E-state index contributed by atoms with van der Waals surface area (Å²) in [7, 11) is 0. The predicted octanol–water partition coefficient (Wildman–Crippen LogP) is 3.86. The fraction of sp³-hybridized carbons (Fsp3) is 0.350. The zero-order chi connectivity index (χ0) is 16.3. The first-order valence-corrected chi connectivity index (χ1v) is 8.35. The van der Waals surface area contributed by atoms with Crippen molar-refractivity contribution in [3.63, 3.8) is 0 Å². The third-order valence-corrected chi connectivity index (χ3v) is 3.80. The summed E-state index contributed by atoms with van der Waals surface area (Å²) in [5.74, 6) is 0. The first kappa shape index (κ1) is 17.1. The molecule has 0 unspecified atom stereocenters. The van der Waals surface area contributed by atoms with Gasteiger partial charge in [0.25, 0.3) is 0 Å². The van der Waals surface area contributed by atoms with Crippen molar-refractivity contribution in [2.45, 2.75) is 32.6 Å². The van der Waals surface area contributed by atoms with Crippen LogP contribution in [0.1, 0.15) is 29.5 Å². The maximum atomic E-state index is 11.7. The average Bonchev–Trinajstić information content (AvgIpc) is 2.55. The molecular formula is C20H26N2O. The van der Waals surface area contributed by atoms with E-state index in [1.54, 1.807) is 0 Å². The van der Waals surface area contributed by atoms with Crippen LogP contribution in [-0.2, 0) is 12.8 Å². The van der Waals surface area contributed by atoms with Gasteiger partial charge in [0, 0.05) is 13.1 Å². The third-order valence-electron chi connectivity index (χ3n) is 3.80. The van der Waals surface area contributed by atoms with Gasteiger partial charge in [-0.3, -0.25) is 0 Å². The van der Waals surface area contributed by atoms with E-state index < -0.39 is 0 Å². The van der Waals surface area contributed by atoms with E-state index in [9.17, 15) is 4.79 Å². The van der Waals surface area contributed by atoms with E-state index in [1.807, 2.05) is 6.07 Å². The molecule has 122 valence electrons. The zero-order valence-corrected chi connectivity index (χ0v) is 13.8. The Bertz CT molecular complexity index is 596. The number of rotatable bonds is 8. The summed E-state index contributed by atoms with van der Waals surface area (Å²) < 4.78 is 0. The fourth-order valence-corrected chi connectivity index (χ4v) is 2.55. The van der Waals surface area contributed by atoms with Crippen LogP contribution < -0.4 is 10.6 Å². The standard InChI is InChI=1S/C20H26N2O/c1-17-8-7-12-19(16-17)13-15-22-20(23)21-14-6-5-11-18-9-3-2-4-10-18/h2-4,7-10,12,16H,5-6,11,13-15H2,1H3,(H2,21,22,23). The number of benzene rings is 2. The Balaban J connectivity index is 1.52. The number of carbonyl (C=O) groups is 1. The molecule has 2 N–H and O–H groups in total. The number of urea groups is 1. The topological polar surface area (TPSA) is 41.1 Å². The molecule has 2 aromatic rings. The van der Waals surface area contributed by atoms with Gasteiger partial charge in [0.05, 0.1) is 0 Å². The molecule has 0 bridgehead atoms. The van der Waals surface area contributed by atoms with Crippen LogP contribution in [0.15, 0.2) is 54.6 Å². The fourth-order valence-electron chi connectivity index (χ4n) is 2.55. The smallest absolute Gasteiger partial charge is 0.314 e. The van der Waals surface area contributed by atoms with Gasteiger partial charge < -0.3 is 10.6 Å². The van der Waals surface area contributed by atoms with Crippen LogP contribution in [0.4, 0.5) is 4.79 Å². The molecule has 0 aromatic heterocycles. The molecule has 0 saturated carbocycles. The molecule has 0 aliphatic rings. The maximum absolute atomic E-state index is 11.7. The summed E-state index contributed by atoms with van der Waals surface area (Å²) in [6.07, 6.45) is 4.02. The molecule has 0 fully saturated rings. The molecule has 0 spiro atoms. The van der Waals surface area contributed by atoms with E-state index in [0.717, 1.165) is 32.2 Å². The van der Waals surface area contributed by atoms with E-state index in [2.05, 4.69) is 66.1 Å². The minimum absolute atomic E-state index is 0.0719. The molecule has 0 aliphatic heterocycles. The number of amides is 2. The van der Waals surface area contributed by atoms with Crippen LogP contribution in [0.5, 0.6) is 0 Å². The number of hydrogen-bond acceptors (Lipinski definition) is 1. The Morgan fingerprint density at radius 1 is 0.826 bits per heavy atom. The second-order valence-corrected chi connectivity index (χ2v) is 5.86. The van der Waals surface area contributed by atoms with Gasteiger partial charge in [-0.15, -0.1) is 0 Å². The van der Waals surface area contributed by atoms with E-state index >= 15 is 0 Å². The molecular weight excluding hydrogens is 284 g/mol. The summed E-state index contributed by atoms with van der Waals surface area (Å²) in [4.78, 5) is 11.7. The van der Waals surface area contributed by atoms with Crippen LogP contribution in [0.2, 0.25) is 0 Å². The van der Waals surface area contributed by atoms with E-state index in [1.165, 1.54) is 16.7 Å². The van der Waals surface area contributed by atoms with Crippen molar-refractivity contribution in [3.8, 4) is 0 Å². The molecule has 23 heavy (non-hydrogen) atoms. The van der Waals surface area contributed by atoms with Gasteiger partial charge in [0.2, 0.25) is 0 Å². The van der Waals surface area contributed by atoms with Gasteiger partial charge >= 0.3 is 6.03 Å². The van der Waals surface area contributed by atoms with Crippen molar-refractivity contribution in [3.05, 3.63) is 71.3 Å². The van der Waals surface area contributed by atoms with E-state index in [0.29, 0.717) is 6.54 Å². The minimum atomic E-state index is -0.0719. The lowest BCUT2D eigenvalue weighted by molar-refractivity contribution is 0.241. The lowest BCUT2D eigenvalue weighted by atomic mass is 10.1. The Hall–Kier alpha value is -2.29. The summed E-state index contributed by atoms with van der Waals surface area (Å²) >= 11 is 0. The molecule has 3 nitrogen and oxygen atoms in total. The van der Waals surface area contributed by atoms with Crippen molar-refractivity contribution in [2.75, 3.05) is 13.1 Å². The maximum Gasteiger partial charge on any atom is 0.314 e. The summed E-state index contributed by atoms with van der Waals surface area (Å²) in [6, 6.07) is 18.8. The van der Waals surface area contributed by atoms with Crippen LogP contribution in [0.25, 0.3) is 0 Å². The lowest BCUT2D eigenvalue weighted by Gasteiger charge is -2.08. The van der Waals surface area contributed by atoms with Crippen LogP contribution >= 0.6 is 0 Å². The molecule has 0 saturated heterocycles. The highest BCUT2D eigenvalue weighted by atomic mass is 16.2. The minimum Gasteiger partial charge on any atom is -0.338 e. The quantitative estimate of drug-likeness (QED) is 0.714. The van der Waals surface area contributed by atoms with Crippen LogP contribution in [0.3, 0.4) is 0 Å². The molecule has 2 aromatic carbocycles. The second-order valence-electron chi connectivity index (χ2n) is 5.86. The van der Waals surface area contributed by atoms with Gasteiger partial charge in [-0.2, -0.15) is 0 Å². The summed E-state index contributed by atoms with van der Waals surface area (Å²) in [5, 5.41) is 5.83. The molecule has 0 radical (unpaired) electrons. The monoisotopic (exact) mass is 310 g/mol. The zero-order valence-electron chi connectivity index (χ0n) is 13.8. The van der Waals surface area contributed by atoms with Crippen molar-refractivity contribution < 1.29 is 4.79 Å². The highest BCUT2D eigenvalue weighted by Crippen LogP contribution is 2.04. The van der Waals surface area contributed by atoms with Gasteiger partial charge in [-0.1, -0.05) is 60.2 Å². The third kappa shape index (κ3) is 7.00. The van der Waals surface area contributed by atoms with Gasteiger partial charge in [-0.25, -0.2) is 4.79 Å². The largest absolute Gasteiger partial charge is 0.338 e. The first-order valence-electron chi connectivity index (χ1n) is 8.35. The Morgan fingerprint density at radius 3 is 2.35 bits per heavy atom.